The van der Waals surface area contributed by atoms with Crippen molar-refractivity contribution in [1.29, 1.82) is 0 Å². The molecule has 8 nitrogen and oxygen atoms in total. The molecule has 1 aromatic heterocycles. The molecule has 0 unspecified atom stereocenters. The van der Waals surface area contributed by atoms with Crippen molar-refractivity contribution >= 4 is 54.8 Å². The van der Waals surface area contributed by atoms with Gasteiger partial charge in [0.2, 0.25) is 0 Å². The van der Waals surface area contributed by atoms with E-state index in [4.69, 9.17) is 21.1 Å². The summed E-state index contributed by atoms with van der Waals surface area (Å²) in [6.45, 7) is 0. The van der Waals surface area contributed by atoms with E-state index in [-0.39, 0.29) is 4.90 Å². The molecule has 11 heteroatoms. The fraction of sp³-hybridized carbons (Fsp3) is 0.130. The zero-order valence-corrected chi connectivity index (χ0v) is 20.8. The number of anilines is 1. The Labute approximate surface area is 205 Å². The molecule has 3 aromatic carbocycles. The number of aryl methyl sites for hydroxylation is 1. The van der Waals surface area contributed by atoms with Crippen LogP contribution in [0.25, 0.3) is 10.2 Å². The number of carbonyl (C=O) groups is 1. The topological polar surface area (TPSA) is 99.0 Å². The Hall–Kier alpha value is -3.34. The Morgan fingerprint density at radius 3 is 2.24 bits per heavy atom. The minimum Gasteiger partial charge on any atom is -0.493 e. The lowest BCUT2D eigenvalue weighted by atomic mass is 10.2. The van der Waals surface area contributed by atoms with E-state index in [0.29, 0.717) is 32.6 Å². The fourth-order valence-corrected chi connectivity index (χ4v) is 5.43. The van der Waals surface area contributed by atoms with Crippen LogP contribution in [0.5, 0.6) is 11.5 Å². The predicted molar refractivity (Wildman–Crippen MR) is 132 cm³/mol. The molecule has 0 fully saturated rings. The van der Waals surface area contributed by atoms with Crippen molar-refractivity contribution in [3.63, 3.8) is 0 Å². The van der Waals surface area contributed by atoms with Crippen molar-refractivity contribution < 1.29 is 22.7 Å². The monoisotopic (exact) mass is 517 g/mol. The van der Waals surface area contributed by atoms with Crippen LogP contribution in [0.3, 0.4) is 0 Å². The summed E-state index contributed by atoms with van der Waals surface area (Å²) in [5.74, 6) is 0.720. The predicted octanol–water partition coefficient (Wildman–Crippen LogP) is 4.45. The summed E-state index contributed by atoms with van der Waals surface area (Å²) in [6.07, 6.45) is 0. The number of fused-ring (bicyclic) bond motifs is 1. The lowest BCUT2D eigenvalue weighted by Crippen LogP contribution is -2.14. The molecule has 1 heterocycles. The number of amides is 1. The quantitative estimate of drug-likeness (QED) is 0.407. The average molecular weight is 518 g/mol. The molecule has 0 aliphatic rings. The number of nitrogens with zero attached hydrogens (tertiary/aromatic N) is 2. The van der Waals surface area contributed by atoms with Crippen LogP contribution in [0.4, 0.5) is 5.69 Å². The van der Waals surface area contributed by atoms with Gasteiger partial charge in [-0.3, -0.25) is 9.52 Å². The van der Waals surface area contributed by atoms with Gasteiger partial charge in [0.05, 0.1) is 29.3 Å². The molecular weight excluding hydrogens is 498 g/mol. The highest BCUT2D eigenvalue weighted by Gasteiger charge is 2.15. The first-order valence-electron chi connectivity index (χ1n) is 9.91. The van der Waals surface area contributed by atoms with E-state index in [9.17, 15) is 13.2 Å². The molecule has 176 valence electrons. The van der Waals surface area contributed by atoms with Gasteiger partial charge >= 0.3 is 0 Å². The number of benzene rings is 3. The molecule has 1 N–H and O–H groups in total. The Morgan fingerprint density at radius 1 is 1.00 bits per heavy atom. The second kappa shape index (κ2) is 9.49. The van der Waals surface area contributed by atoms with Gasteiger partial charge in [-0.1, -0.05) is 22.9 Å². The van der Waals surface area contributed by atoms with Crippen molar-refractivity contribution in [2.45, 2.75) is 4.90 Å². The molecule has 0 aliphatic carbocycles. The molecule has 0 saturated heterocycles. The number of nitrogens with one attached hydrogen (secondary N) is 1. The fourth-order valence-electron chi connectivity index (χ4n) is 3.22. The Morgan fingerprint density at radius 2 is 1.62 bits per heavy atom. The summed E-state index contributed by atoms with van der Waals surface area (Å²) in [7, 11) is 1.15. The van der Waals surface area contributed by atoms with Gasteiger partial charge in [-0.05, 0) is 48.5 Å². The van der Waals surface area contributed by atoms with Crippen LogP contribution in [-0.2, 0) is 17.1 Å². The highest BCUT2D eigenvalue weighted by molar-refractivity contribution is 7.92. The smallest absolute Gasteiger partial charge is 0.279 e. The summed E-state index contributed by atoms with van der Waals surface area (Å²) < 4.78 is 40.9. The number of aromatic nitrogens is 1. The van der Waals surface area contributed by atoms with E-state index in [1.807, 2.05) is 19.2 Å². The maximum Gasteiger partial charge on any atom is 0.279 e. The first-order valence-corrected chi connectivity index (χ1v) is 12.6. The number of hydrogen-bond acceptors (Lipinski definition) is 6. The second-order valence-electron chi connectivity index (χ2n) is 7.17. The molecule has 0 spiro atoms. The molecular formula is C23H20ClN3O5S2. The normalized spacial score (nSPS) is 12.1. The lowest BCUT2D eigenvalue weighted by molar-refractivity contribution is 0.0998. The standard InChI is InChI=1S/C23H20ClN3O5S2/c1-27-18-12-19(31-2)20(32-3)13-21(18)33-23(27)25-22(28)14-4-8-16(9-5-14)26-34(29,30)17-10-6-15(24)7-11-17/h4-13,26H,1-3H3. The van der Waals surface area contributed by atoms with E-state index >= 15 is 0 Å². The third-order valence-corrected chi connectivity index (χ3v) is 7.76. The van der Waals surface area contributed by atoms with Gasteiger partial charge < -0.3 is 14.0 Å². The highest BCUT2D eigenvalue weighted by Crippen LogP contribution is 2.33. The largest absolute Gasteiger partial charge is 0.493 e. The number of hydrogen-bond donors (Lipinski definition) is 1. The van der Waals surface area contributed by atoms with Crippen molar-refractivity contribution in [3.05, 3.63) is 76.1 Å². The number of rotatable bonds is 6. The van der Waals surface area contributed by atoms with Gasteiger partial charge in [0.1, 0.15) is 0 Å². The van der Waals surface area contributed by atoms with Crippen molar-refractivity contribution in [2.24, 2.45) is 12.0 Å². The zero-order chi connectivity index (χ0) is 24.5. The van der Waals surface area contributed by atoms with E-state index in [2.05, 4.69) is 9.71 Å². The minimum atomic E-state index is -3.78. The van der Waals surface area contributed by atoms with Gasteiger partial charge in [-0.2, -0.15) is 4.99 Å². The molecule has 34 heavy (non-hydrogen) atoms. The van der Waals surface area contributed by atoms with Gasteiger partial charge in [0.25, 0.3) is 15.9 Å². The van der Waals surface area contributed by atoms with E-state index in [0.717, 1.165) is 10.2 Å². The summed E-state index contributed by atoms with van der Waals surface area (Å²) in [6, 6.07) is 15.6. The lowest BCUT2D eigenvalue weighted by Gasteiger charge is -2.08. The second-order valence-corrected chi connectivity index (χ2v) is 10.3. The summed E-state index contributed by atoms with van der Waals surface area (Å²) >= 11 is 7.16. The van der Waals surface area contributed by atoms with Gasteiger partial charge in [-0.25, -0.2) is 8.42 Å². The zero-order valence-electron chi connectivity index (χ0n) is 18.4. The first-order chi connectivity index (χ1) is 16.2. The SMILES string of the molecule is COc1cc2sc(=NC(=O)c3ccc(NS(=O)(=O)c4ccc(Cl)cc4)cc3)n(C)c2cc1OC. The van der Waals surface area contributed by atoms with Crippen LogP contribution in [0, 0.1) is 0 Å². The molecule has 0 bridgehead atoms. The summed E-state index contributed by atoms with van der Waals surface area (Å²) in [5, 5.41) is 0.441. The van der Waals surface area contributed by atoms with Crippen LogP contribution in [0.1, 0.15) is 10.4 Å². The van der Waals surface area contributed by atoms with Crippen LogP contribution in [0.2, 0.25) is 5.02 Å². The maximum absolute atomic E-state index is 12.8. The summed E-state index contributed by atoms with van der Waals surface area (Å²) in [5.41, 5.74) is 1.49. The number of carbonyl (C=O) groups excluding carboxylic acids is 1. The third-order valence-electron chi connectivity index (χ3n) is 5.02. The average Bonchev–Trinajstić information content (AvgIpc) is 3.12. The molecule has 0 saturated carbocycles. The molecule has 0 atom stereocenters. The molecule has 4 aromatic rings. The Kier molecular flexibility index (Phi) is 6.65. The number of ether oxygens (including phenoxy) is 2. The maximum atomic E-state index is 12.8. The number of halogens is 1. The van der Waals surface area contributed by atoms with Gasteiger partial charge in [-0.15, -0.1) is 0 Å². The van der Waals surface area contributed by atoms with E-state index in [1.165, 1.54) is 59.9 Å². The molecule has 0 aliphatic heterocycles. The Bertz CT molecular complexity index is 1540. The van der Waals surface area contributed by atoms with E-state index < -0.39 is 15.9 Å². The van der Waals surface area contributed by atoms with Gasteiger partial charge in [0, 0.05) is 35.5 Å². The first kappa shape index (κ1) is 23.8. The number of methoxy groups -OCH3 is 2. The number of sulfonamides is 1. The van der Waals surface area contributed by atoms with E-state index in [1.54, 1.807) is 18.8 Å². The van der Waals surface area contributed by atoms with Crippen LogP contribution in [-0.4, -0.2) is 33.1 Å². The molecule has 4 rings (SSSR count). The molecule has 0 radical (unpaired) electrons. The van der Waals surface area contributed by atoms with Crippen molar-refractivity contribution in [3.8, 4) is 11.5 Å². The van der Waals surface area contributed by atoms with Gasteiger partial charge in [0.15, 0.2) is 16.3 Å². The summed E-state index contributed by atoms with van der Waals surface area (Å²) in [4.78, 5) is 17.6. The van der Waals surface area contributed by atoms with Crippen LogP contribution < -0.4 is 19.0 Å². The number of thiazole rings is 1. The van der Waals surface area contributed by atoms with Crippen LogP contribution >= 0.6 is 22.9 Å². The molecule has 1 amide bonds. The minimum absolute atomic E-state index is 0.0811. The van der Waals surface area contributed by atoms with Crippen molar-refractivity contribution in [2.75, 3.05) is 18.9 Å². The highest BCUT2D eigenvalue weighted by atomic mass is 35.5. The van der Waals surface area contributed by atoms with Crippen molar-refractivity contribution in [1.82, 2.24) is 4.57 Å². The van der Waals surface area contributed by atoms with Crippen LogP contribution in [0.15, 0.2) is 70.6 Å². The third kappa shape index (κ3) is 4.79. The Balaban J connectivity index is 1.59.